The normalized spacial score (nSPS) is 13.2. The van der Waals surface area contributed by atoms with Crippen molar-refractivity contribution in [1.29, 1.82) is 0 Å². The van der Waals surface area contributed by atoms with E-state index in [1.54, 1.807) is 6.92 Å². The van der Waals surface area contributed by atoms with Gasteiger partial charge in [-0.25, -0.2) is 12.8 Å². The fourth-order valence-corrected chi connectivity index (χ4v) is 2.91. The highest BCUT2D eigenvalue weighted by atomic mass is 35.5. The summed E-state index contributed by atoms with van der Waals surface area (Å²) in [7, 11) is -2.56. The first-order valence-corrected chi connectivity index (χ1v) is 6.75. The maximum Gasteiger partial charge on any atom is 0.246 e. The Hall–Kier alpha value is -0.400. The third-order valence-electron chi connectivity index (χ3n) is 2.51. The van der Waals surface area contributed by atoms with Crippen LogP contribution in [0.2, 0.25) is 5.02 Å². The second-order valence-corrected chi connectivity index (χ2v) is 6.08. The number of nitrogens with zero attached hydrogens (tertiary/aromatic N) is 1. The Labute approximate surface area is 117 Å². The van der Waals surface area contributed by atoms with Gasteiger partial charge >= 0.3 is 0 Å². The molecule has 0 fully saturated rings. The van der Waals surface area contributed by atoms with Crippen LogP contribution in [-0.2, 0) is 10.0 Å². The van der Waals surface area contributed by atoms with Gasteiger partial charge in [-0.3, -0.25) is 0 Å². The Balaban J connectivity index is 0.00000289. The Morgan fingerprint density at radius 1 is 1.50 bits per heavy atom. The number of rotatable bonds is 4. The third kappa shape index (κ3) is 3.55. The molecule has 0 aromatic heterocycles. The molecule has 1 atom stereocenters. The minimum atomic E-state index is -3.91. The lowest BCUT2D eigenvalue weighted by Gasteiger charge is -2.23. The van der Waals surface area contributed by atoms with Crippen molar-refractivity contribution in [3.63, 3.8) is 0 Å². The van der Waals surface area contributed by atoms with E-state index < -0.39 is 26.8 Å². The van der Waals surface area contributed by atoms with Gasteiger partial charge in [0.15, 0.2) is 0 Å². The van der Waals surface area contributed by atoms with Crippen LogP contribution in [-0.4, -0.2) is 32.4 Å². The largest absolute Gasteiger partial charge is 0.329 e. The van der Waals surface area contributed by atoms with Gasteiger partial charge in [0, 0.05) is 24.7 Å². The first-order valence-electron chi connectivity index (χ1n) is 4.94. The molecule has 2 N–H and O–H groups in total. The minimum absolute atomic E-state index is 0. The molecule has 4 nitrogen and oxygen atoms in total. The SMILES string of the molecule is CC(CN)N(C)S(=O)(=O)c1cc(Cl)ccc1F.Cl. The predicted molar refractivity (Wildman–Crippen MR) is 72.1 cm³/mol. The van der Waals surface area contributed by atoms with Crippen LogP contribution in [0.5, 0.6) is 0 Å². The monoisotopic (exact) mass is 316 g/mol. The molecule has 0 spiro atoms. The molecule has 1 unspecified atom stereocenters. The summed E-state index contributed by atoms with van der Waals surface area (Å²) >= 11 is 5.67. The van der Waals surface area contributed by atoms with Gasteiger partial charge in [0.1, 0.15) is 10.7 Å². The van der Waals surface area contributed by atoms with Crippen LogP contribution in [0.3, 0.4) is 0 Å². The maximum absolute atomic E-state index is 13.5. The molecule has 0 bridgehead atoms. The average Bonchev–Trinajstić information content (AvgIpc) is 2.30. The summed E-state index contributed by atoms with van der Waals surface area (Å²) in [5.74, 6) is -0.828. The van der Waals surface area contributed by atoms with Crippen molar-refractivity contribution in [1.82, 2.24) is 4.31 Å². The number of hydrogen-bond acceptors (Lipinski definition) is 3. The Bertz CT molecular complexity index is 511. The van der Waals surface area contributed by atoms with E-state index in [4.69, 9.17) is 17.3 Å². The highest BCUT2D eigenvalue weighted by Gasteiger charge is 2.27. The summed E-state index contributed by atoms with van der Waals surface area (Å²) < 4.78 is 38.7. The van der Waals surface area contributed by atoms with Crippen LogP contribution in [0.4, 0.5) is 4.39 Å². The van der Waals surface area contributed by atoms with E-state index in [1.807, 2.05) is 0 Å². The van der Waals surface area contributed by atoms with Gasteiger partial charge in [0.2, 0.25) is 10.0 Å². The summed E-state index contributed by atoms with van der Waals surface area (Å²) in [4.78, 5) is -0.437. The number of sulfonamides is 1. The topological polar surface area (TPSA) is 63.4 Å². The number of halogens is 3. The van der Waals surface area contributed by atoms with Crippen LogP contribution >= 0.6 is 24.0 Å². The molecule has 0 saturated heterocycles. The second kappa shape index (κ2) is 6.68. The van der Waals surface area contributed by atoms with E-state index in [2.05, 4.69) is 0 Å². The number of likely N-dealkylation sites (N-methyl/N-ethyl adjacent to an activating group) is 1. The van der Waals surface area contributed by atoms with Crippen molar-refractivity contribution >= 4 is 34.0 Å². The molecule has 1 rings (SSSR count). The Morgan fingerprint density at radius 3 is 2.56 bits per heavy atom. The van der Waals surface area contributed by atoms with E-state index in [0.29, 0.717) is 0 Å². The third-order valence-corrected chi connectivity index (χ3v) is 4.73. The van der Waals surface area contributed by atoms with Gasteiger partial charge in [-0.2, -0.15) is 4.31 Å². The second-order valence-electron chi connectivity index (χ2n) is 3.68. The van der Waals surface area contributed by atoms with Crippen LogP contribution in [0.25, 0.3) is 0 Å². The molecule has 0 aliphatic carbocycles. The standard InChI is InChI=1S/C10H14ClFN2O2S.ClH/c1-7(6-13)14(2)17(15,16)10-5-8(11)3-4-9(10)12;/h3-5,7H,6,13H2,1-2H3;1H. The predicted octanol–water partition coefficient (Wildman–Crippen LogP) is 1.87. The lowest BCUT2D eigenvalue weighted by Crippen LogP contribution is -2.39. The summed E-state index contributed by atoms with van der Waals surface area (Å²) in [6.07, 6.45) is 0. The molecular weight excluding hydrogens is 302 g/mol. The van der Waals surface area contributed by atoms with Crippen LogP contribution < -0.4 is 5.73 Å². The van der Waals surface area contributed by atoms with Crippen molar-refractivity contribution in [2.45, 2.75) is 17.9 Å². The molecule has 0 aliphatic rings. The summed E-state index contributed by atoms with van der Waals surface area (Å²) in [5, 5.41) is 0.166. The quantitative estimate of drug-likeness (QED) is 0.922. The van der Waals surface area contributed by atoms with Crippen molar-refractivity contribution in [2.75, 3.05) is 13.6 Å². The lowest BCUT2D eigenvalue weighted by atomic mass is 10.3. The maximum atomic E-state index is 13.5. The number of nitrogens with two attached hydrogens (primary N) is 1. The van der Waals surface area contributed by atoms with E-state index >= 15 is 0 Å². The van der Waals surface area contributed by atoms with Gasteiger partial charge in [-0.05, 0) is 25.1 Å². The van der Waals surface area contributed by atoms with Crippen molar-refractivity contribution in [2.24, 2.45) is 5.73 Å². The smallest absolute Gasteiger partial charge is 0.246 e. The molecule has 104 valence electrons. The summed E-state index contributed by atoms with van der Waals surface area (Å²) in [6, 6.07) is 2.99. The van der Waals surface area contributed by atoms with Crippen LogP contribution in [0, 0.1) is 5.82 Å². The zero-order valence-electron chi connectivity index (χ0n) is 9.93. The first-order chi connectivity index (χ1) is 7.80. The highest BCUT2D eigenvalue weighted by molar-refractivity contribution is 7.89. The molecule has 0 saturated carbocycles. The van der Waals surface area contributed by atoms with Crippen molar-refractivity contribution in [3.05, 3.63) is 29.0 Å². The fourth-order valence-electron chi connectivity index (χ4n) is 1.22. The fraction of sp³-hybridized carbons (Fsp3) is 0.400. The van der Waals surface area contributed by atoms with Crippen molar-refractivity contribution < 1.29 is 12.8 Å². The summed E-state index contributed by atoms with van der Waals surface area (Å²) in [6.45, 7) is 1.79. The highest BCUT2D eigenvalue weighted by Crippen LogP contribution is 2.23. The van der Waals surface area contributed by atoms with Gasteiger partial charge in [-0.1, -0.05) is 11.6 Å². The minimum Gasteiger partial charge on any atom is -0.329 e. The molecular formula is C10H15Cl2FN2O2S. The van der Waals surface area contributed by atoms with Gasteiger partial charge in [0.05, 0.1) is 0 Å². The first kappa shape index (κ1) is 17.6. The van der Waals surface area contributed by atoms with E-state index in [1.165, 1.54) is 13.1 Å². The summed E-state index contributed by atoms with van der Waals surface area (Å²) in [5.41, 5.74) is 5.39. The van der Waals surface area contributed by atoms with Gasteiger partial charge < -0.3 is 5.73 Å². The Morgan fingerprint density at radius 2 is 2.06 bits per heavy atom. The molecule has 0 radical (unpaired) electrons. The molecule has 8 heteroatoms. The zero-order chi connectivity index (χ0) is 13.2. The molecule has 1 aromatic carbocycles. The van der Waals surface area contributed by atoms with Gasteiger partial charge in [-0.15, -0.1) is 12.4 Å². The van der Waals surface area contributed by atoms with E-state index in [-0.39, 0.29) is 24.0 Å². The van der Waals surface area contributed by atoms with Crippen LogP contribution in [0.15, 0.2) is 23.1 Å². The van der Waals surface area contributed by atoms with E-state index in [0.717, 1.165) is 16.4 Å². The molecule has 1 aromatic rings. The number of hydrogen-bond donors (Lipinski definition) is 1. The molecule has 0 amide bonds. The number of benzene rings is 1. The van der Waals surface area contributed by atoms with E-state index in [9.17, 15) is 12.8 Å². The molecule has 0 heterocycles. The molecule has 0 aliphatic heterocycles. The Kier molecular flexibility index (Phi) is 6.53. The van der Waals surface area contributed by atoms with Gasteiger partial charge in [0.25, 0.3) is 0 Å². The average molecular weight is 317 g/mol. The lowest BCUT2D eigenvalue weighted by molar-refractivity contribution is 0.391. The zero-order valence-corrected chi connectivity index (χ0v) is 12.3. The van der Waals surface area contributed by atoms with Crippen LogP contribution in [0.1, 0.15) is 6.92 Å². The molecule has 18 heavy (non-hydrogen) atoms. The van der Waals surface area contributed by atoms with Crippen molar-refractivity contribution in [3.8, 4) is 0 Å².